The van der Waals surface area contributed by atoms with Gasteiger partial charge in [-0.25, -0.2) is 8.42 Å². The Hall–Kier alpha value is -2.71. The number of aryl methyl sites for hydroxylation is 1. The number of hydrogen-bond acceptors (Lipinski definition) is 4. The van der Waals surface area contributed by atoms with Gasteiger partial charge in [0, 0.05) is 18.8 Å². The fourth-order valence-electron chi connectivity index (χ4n) is 3.69. The molecule has 0 bridgehead atoms. The minimum atomic E-state index is -3.64. The highest BCUT2D eigenvalue weighted by molar-refractivity contribution is 7.88. The van der Waals surface area contributed by atoms with E-state index in [0.29, 0.717) is 5.69 Å². The molecule has 160 valence electrons. The molecule has 1 atom stereocenters. The van der Waals surface area contributed by atoms with Crippen LogP contribution >= 0.6 is 0 Å². The highest BCUT2D eigenvalue weighted by Gasteiger charge is 2.50. The Balaban J connectivity index is 1.97. The predicted octanol–water partition coefficient (Wildman–Crippen LogP) is 1.93. The zero-order valence-electron chi connectivity index (χ0n) is 17.5. The van der Waals surface area contributed by atoms with E-state index in [9.17, 15) is 18.0 Å². The molecule has 3 rings (SSSR count). The number of nitrogens with one attached hydrogen (secondary N) is 1. The molecule has 1 fully saturated rings. The summed E-state index contributed by atoms with van der Waals surface area (Å²) >= 11 is 0. The van der Waals surface area contributed by atoms with Gasteiger partial charge in [-0.1, -0.05) is 49.4 Å². The quantitative estimate of drug-likeness (QED) is 0.760. The van der Waals surface area contributed by atoms with Crippen LogP contribution in [0.1, 0.15) is 25.0 Å². The van der Waals surface area contributed by atoms with Gasteiger partial charge in [0.15, 0.2) is 0 Å². The predicted molar refractivity (Wildman–Crippen MR) is 116 cm³/mol. The Bertz CT molecular complexity index is 1040. The molecule has 1 N–H and O–H groups in total. The SMILES string of the molecule is CCc1cccc(N2C(=O)CN(S(C)(=O)=O)C[C@@]2(C)C(=O)NCc2ccccc2)c1. The van der Waals surface area contributed by atoms with E-state index < -0.39 is 27.4 Å². The lowest BCUT2D eigenvalue weighted by atomic mass is 9.94. The third-order valence-corrected chi connectivity index (χ3v) is 6.57. The van der Waals surface area contributed by atoms with Crippen molar-refractivity contribution in [2.45, 2.75) is 32.4 Å². The van der Waals surface area contributed by atoms with Crippen molar-refractivity contribution in [1.82, 2.24) is 9.62 Å². The Labute approximate surface area is 177 Å². The number of amides is 2. The number of carbonyl (C=O) groups is 2. The Morgan fingerprint density at radius 1 is 1.10 bits per heavy atom. The van der Waals surface area contributed by atoms with Crippen molar-refractivity contribution < 1.29 is 18.0 Å². The van der Waals surface area contributed by atoms with Gasteiger partial charge in [0.1, 0.15) is 5.54 Å². The smallest absolute Gasteiger partial charge is 0.247 e. The van der Waals surface area contributed by atoms with Gasteiger partial charge in [-0.2, -0.15) is 4.31 Å². The van der Waals surface area contributed by atoms with Gasteiger partial charge >= 0.3 is 0 Å². The summed E-state index contributed by atoms with van der Waals surface area (Å²) in [6.07, 6.45) is 1.83. The third-order valence-electron chi connectivity index (χ3n) is 5.37. The molecule has 8 heteroatoms. The second-order valence-corrected chi connectivity index (χ2v) is 9.71. The number of carbonyl (C=O) groups excluding carboxylic acids is 2. The number of rotatable bonds is 6. The average molecular weight is 430 g/mol. The molecule has 0 aromatic heterocycles. The first kappa shape index (κ1) is 22.0. The van der Waals surface area contributed by atoms with Crippen molar-refractivity contribution in [3.63, 3.8) is 0 Å². The Morgan fingerprint density at radius 2 is 1.77 bits per heavy atom. The van der Waals surface area contributed by atoms with Crippen LogP contribution in [0, 0.1) is 0 Å². The number of piperazine rings is 1. The van der Waals surface area contributed by atoms with Crippen molar-refractivity contribution in [3.05, 3.63) is 65.7 Å². The summed E-state index contributed by atoms with van der Waals surface area (Å²) in [7, 11) is -3.64. The second-order valence-electron chi connectivity index (χ2n) is 7.73. The topological polar surface area (TPSA) is 86.8 Å². The molecular formula is C22H27N3O4S. The summed E-state index contributed by atoms with van der Waals surface area (Å²) in [5.41, 5.74) is 1.14. The largest absolute Gasteiger partial charge is 0.350 e. The second kappa shape index (κ2) is 8.57. The van der Waals surface area contributed by atoms with Gasteiger partial charge in [-0.05, 0) is 36.6 Å². The zero-order chi connectivity index (χ0) is 21.9. The van der Waals surface area contributed by atoms with Gasteiger partial charge in [0.05, 0.1) is 12.8 Å². The van der Waals surface area contributed by atoms with Crippen LogP contribution in [0.4, 0.5) is 5.69 Å². The van der Waals surface area contributed by atoms with Crippen molar-refractivity contribution in [3.8, 4) is 0 Å². The molecule has 2 amide bonds. The highest BCUT2D eigenvalue weighted by atomic mass is 32.2. The van der Waals surface area contributed by atoms with Gasteiger partial charge in [0.2, 0.25) is 21.8 Å². The van der Waals surface area contributed by atoms with Crippen LogP contribution < -0.4 is 10.2 Å². The number of sulfonamides is 1. The fourth-order valence-corrected chi connectivity index (χ4v) is 4.52. The van der Waals surface area contributed by atoms with Crippen molar-refractivity contribution >= 4 is 27.5 Å². The summed E-state index contributed by atoms with van der Waals surface area (Å²) in [6, 6.07) is 16.9. The van der Waals surface area contributed by atoms with Crippen LogP contribution in [0.3, 0.4) is 0 Å². The molecule has 0 radical (unpaired) electrons. The van der Waals surface area contributed by atoms with Gasteiger partial charge in [0.25, 0.3) is 0 Å². The first-order chi connectivity index (χ1) is 14.1. The van der Waals surface area contributed by atoms with Crippen LogP contribution in [0.5, 0.6) is 0 Å². The van der Waals surface area contributed by atoms with E-state index in [4.69, 9.17) is 0 Å². The van der Waals surface area contributed by atoms with Crippen LogP contribution in [-0.4, -0.2) is 49.4 Å². The third kappa shape index (κ3) is 4.55. The van der Waals surface area contributed by atoms with Gasteiger partial charge in [-0.3, -0.25) is 14.5 Å². The highest BCUT2D eigenvalue weighted by Crippen LogP contribution is 2.31. The average Bonchev–Trinajstić information content (AvgIpc) is 2.71. The van der Waals surface area contributed by atoms with Crippen LogP contribution in [-0.2, 0) is 32.6 Å². The van der Waals surface area contributed by atoms with Crippen molar-refractivity contribution in [2.24, 2.45) is 0 Å². The molecule has 0 saturated carbocycles. The van der Waals surface area contributed by atoms with Gasteiger partial charge in [-0.15, -0.1) is 0 Å². The lowest BCUT2D eigenvalue weighted by Crippen LogP contribution is -2.70. The van der Waals surface area contributed by atoms with E-state index in [1.54, 1.807) is 13.0 Å². The number of anilines is 1. The van der Waals surface area contributed by atoms with E-state index in [2.05, 4.69) is 5.32 Å². The molecule has 7 nitrogen and oxygen atoms in total. The van der Waals surface area contributed by atoms with E-state index in [-0.39, 0.29) is 19.6 Å². The van der Waals surface area contributed by atoms with Crippen LogP contribution in [0.2, 0.25) is 0 Å². The van der Waals surface area contributed by atoms with Crippen LogP contribution in [0.15, 0.2) is 54.6 Å². The molecule has 1 aliphatic rings. The lowest BCUT2D eigenvalue weighted by Gasteiger charge is -2.46. The first-order valence-electron chi connectivity index (χ1n) is 9.84. The Morgan fingerprint density at radius 3 is 2.40 bits per heavy atom. The normalized spacial score (nSPS) is 20.2. The Kier molecular flexibility index (Phi) is 6.28. The number of nitrogens with zero attached hydrogens (tertiary/aromatic N) is 2. The summed E-state index contributed by atoms with van der Waals surface area (Å²) in [6.45, 7) is 3.49. The zero-order valence-corrected chi connectivity index (χ0v) is 18.3. The number of benzene rings is 2. The van der Waals surface area contributed by atoms with E-state index >= 15 is 0 Å². The first-order valence-corrected chi connectivity index (χ1v) is 11.7. The molecule has 2 aromatic rings. The fraction of sp³-hybridized carbons (Fsp3) is 0.364. The van der Waals surface area contributed by atoms with E-state index in [1.165, 1.54) is 4.90 Å². The molecule has 30 heavy (non-hydrogen) atoms. The van der Waals surface area contributed by atoms with Crippen LogP contribution in [0.25, 0.3) is 0 Å². The number of hydrogen-bond donors (Lipinski definition) is 1. The molecule has 0 aliphatic carbocycles. The maximum atomic E-state index is 13.3. The standard InChI is InChI=1S/C22H27N3O4S/c1-4-17-11-8-12-19(13-17)25-20(26)15-24(30(3,28)29)16-22(25,2)21(27)23-14-18-9-6-5-7-10-18/h5-13H,4,14-16H2,1-3H3,(H,23,27)/t22-/m0/s1. The van der Waals surface area contributed by atoms with E-state index in [0.717, 1.165) is 28.1 Å². The molecular weight excluding hydrogens is 402 g/mol. The van der Waals surface area contributed by atoms with Crippen molar-refractivity contribution in [1.29, 1.82) is 0 Å². The molecule has 1 aliphatic heterocycles. The van der Waals surface area contributed by atoms with Crippen molar-refractivity contribution in [2.75, 3.05) is 24.2 Å². The molecule has 1 saturated heterocycles. The summed E-state index contributed by atoms with van der Waals surface area (Å²) in [5.74, 6) is -0.841. The van der Waals surface area contributed by atoms with E-state index in [1.807, 2.05) is 55.5 Å². The summed E-state index contributed by atoms with van der Waals surface area (Å²) in [5, 5.41) is 2.88. The summed E-state index contributed by atoms with van der Waals surface area (Å²) in [4.78, 5) is 27.8. The minimum Gasteiger partial charge on any atom is -0.350 e. The molecule has 0 unspecified atom stereocenters. The molecule has 0 spiro atoms. The van der Waals surface area contributed by atoms with Gasteiger partial charge < -0.3 is 5.32 Å². The maximum Gasteiger partial charge on any atom is 0.247 e. The monoisotopic (exact) mass is 429 g/mol. The molecule has 2 aromatic carbocycles. The molecule has 1 heterocycles. The minimum absolute atomic E-state index is 0.117. The summed E-state index contributed by atoms with van der Waals surface area (Å²) < 4.78 is 25.4. The maximum absolute atomic E-state index is 13.3. The lowest BCUT2D eigenvalue weighted by molar-refractivity contribution is -0.133.